The van der Waals surface area contributed by atoms with Gasteiger partial charge in [0.25, 0.3) is 10.1 Å². The van der Waals surface area contributed by atoms with E-state index in [1.807, 2.05) is 0 Å². The van der Waals surface area contributed by atoms with Gasteiger partial charge in [-0.15, -0.1) is 0 Å². The van der Waals surface area contributed by atoms with Gasteiger partial charge >= 0.3 is 0 Å². The van der Waals surface area contributed by atoms with Crippen LogP contribution in [0.1, 0.15) is 33.1 Å². The number of fused-ring (bicyclic) bond motifs is 2. The highest BCUT2D eigenvalue weighted by atomic mass is 32.2. The Hall–Kier alpha value is -0.0900. The molecule has 0 spiro atoms. The Bertz CT molecular complexity index is 329. The molecule has 3 nitrogen and oxygen atoms in total. The largest absolute Gasteiger partial charge is 0.286 e. The summed E-state index contributed by atoms with van der Waals surface area (Å²) < 4.78 is 30.5. The smallest absolute Gasteiger partial charge is 0.265 e. The van der Waals surface area contributed by atoms with Crippen LogP contribution in [-0.2, 0) is 10.1 Å². The van der Waals surface area contributed by atoms with Crippen molar-refractivity contribution in [2.45, 2.75) is 33.1 Å². The van der Waals surface area contributed by atoms with Crippen molar-refractivity contribution in [2.75, 3.05) is 5.75 Å². The van der Waals surface area contributed by atoms with Crippen molar-refractivity contribution >= 4 is 10.1 Å². The zero-order valence-corrected chi connectivity index (χ0v) is 9.55. The minimum atomic E-state index is -3.78. The van der Waals surface area contributed by atoms with Crippen molar-refractivity contribution in [2.24, 2.45) is 23.2 Å². The second kappa shape index (κ2) is 2.95. The van der Waals surface area contributed by atoms with Crippen LogP contribution in [0.25, 0.3) is 0 Å². The Morgan fingerprint density at radius 2 is 2.00 bits per heavy atom. The third-order valence-corrected chi connectivity index (χ3v) is 5.28. The molecule has 0 radical (unpaired) electrons. The van der Waals surface area contributed by atoms with E-state index < -0.39 is 10.1 Å². The molecule has 0 unspecified atom stereocenters. The van der Waals surface area contributed by atoms with Gasteiger partial charge in [-0.1, -0.05) is 13.8 Å². The van der Waals surface area contributed by atoms with E-state index in [2.05, 4.69) is 13.8 Å². The van der Waals surface area contributed by atoms with Gasteiger partial charge in [-0.3, -0.25) is 4.55 Å². The maximum Gasteiger partial charge on any atom is 0.265 e. The van der Waals surface area contributed by atoms with E-state index in [-0.39, 0.29) is 11.7 Å². The van der Waals surface area contributed by atoms with E-state index in [0.717, 1.165) is 25.2 Å². The lowest BCUT2D eigenvalue weighted by molar-refractivity contribution is -0.0980. The lowest BCUT2D eigenvalue weighted by atomic mass is 9.46. The van der Waals surface area contributed by atoms with Crippen LogP contribution in [0.3, 0.4) is 0 Å². The van der Waals surface area contributed by atoms with Crippen molar-refractivity contribution in [1.29, 1.82) is 0 Å². The Morgan fingerprint density at radius 1 is 1.36 bits per heavy atom. The standard InChI is InChI=1S/C10H18O3S/c1-10(2)8-4-3-7(9(10)5-8)6-14(11,12)13/h7-9H,3-6H2,1-2H3,(H,11,12,13)/t7-,8+,9+/m1/s1. The second-order valence-corrected chi connectivity index (χ2v) is 6.94. The van der Waals surface area contributed by atoms with Crippen LogP contribution in [0, 0.1) is 23.2 Å². The van der Waals surface area contributed by atoms with Crippen molar-refractivity contribution in [3.8, 4) is 0 Å². The molecule has 0 saturated heterocycles. The fourth-order valence-corrected chi connectivity index (χ4v) is 4.37. The van der Waals surface area contributed by atoms with Gasteiger partial charge < -0.3 is 0 Å². The number of rotatable bonds is 2. The summed E-state index contributed by atoms with van der Waals surface area (Å²) >= 11 is 0. The molecule has 0 amide bonds. The highest BCUT2D eigenvalue weighted by molar-refractivity contribution is 7.85. The van der Waals surface area contributed by atoms with Crippen molar-refractivity contribution < 1.29 is 13.0 Å². The molecule has 0 aromatic heterocycles. The van der Waals surface area contributed by atoms with Crippen LogP contribution in [0.15, 0.2) is 0 Å². The first kappa shape index (κ1) is 10.4. The van der Waals surface area contributed by atoms with Crippen molar-refractivity contribution in [3.05, 3.63) is 0 Å². The third kappa shape index (κ3) is 1.58. The number of hydrogen-bond donors (Lipinski definition) is 1. The molecule has 1 N–H and O–H groups in total. The Balaban J connectivity index is 2.08. The van der Waals surface area contributed by atoms with Crippen molar-refractivity contribution in [1.82, 2.24) is 0 Å². The van der Waals surface area contributed by atoms with Gasteiger partial charge in [0.2, 0.25) is 0 Å². The van der Waals surface area contributed by atoms with E-state index in [4.69, 9.17) is 4.55 Å². The summed E-state index contributed by atoms with van der Waals surface area (Å²) in [5.74, 6) is 1.44. The average molecular weight is 218 g/mol. The van der Waals surface area contributed by atoms with E-state index in [1.54, 1.807) is 0 Å². The van der Waals surface area contributed by atoms with Gasteiger partial charge in [0.05, 0.1) is 5.75 Å². The molecule has 3 atom stereocenters. The summed E-state index contributed by atoms with van der Waals surface area (Å²) in [5, 5.41) is 0. The summed E-state index contributed by atoms with van der Waals surface area (Å²) in [7, 11) is -3.78. The van der Waals surface area contributed by atoms with Gasteiger partial charge in [0, 0.05) is 0 Å². The first-order valence-corrected chi connectivity index (χ1v) is 6.87. The monoisotopic (exact) mass is 218 g/mol. The minimum absolute atomic E-state index is 0.0339. The zero-order chi connectivity index (χ0) is 10.6. The molecule has 3 saturated carbocycles. The first-order valence-electron chi connectivity index (χ1n) is 5.26. The van der Waals surface area contributed by atoms with E-state index in [1.165, 1.54) is 0 Å². The van der Waals surface area contributed by atoms with Crippen LogP contribution in [0.2, 0.25) is 0 Å². The zero-order valence-electron chi connectivity index (χ0n) is 8.73. The summed E-state index contributed by atoms with van der Waals surface area (Å²) in [6.45, 7) is 4.45. The molecule has 0 aliphatic heterocycles. The van der Waals surface area contributed by atoms with E-state index >= 15 is 0 Å². The van der Waals surface area contributed by atoms with Crippen LogP contribution in [0.5, 0.6) is 0 Å². The highest BCUT2D eigenvalue weighted by Crippen LogP contribution is 2.61. The summed E-state index contributed by atoms with van der Waals surface area (Å²) in [6, 6.07) is 0. The average Bonchev–Trinajstić information content (AvgIpc) is 2.00. The molecule has 0 aromatic rings. The highest BCUT2D eigenvalue weighted by Gasteiger charge is 2.54. The molecule has 82 valence electrons. The molecule has 14 heavy (non-hydrogen) atoms. The molecule has 0 heterocycles. The van der Waals surface area contributed by atoms with Crippen molar-refractivity contribution in [3.63, 3.8) is 0 Å². The SMILES string of the molecule is CC1(C)[C@H]2CC[C@H](CS(=O)(=O)O)[C@@H]1C2. The van der Waals surface area contributed by atoms with Gasteiger partial charge in [-0.25, -0.2) is 0 Å². The van der Waals surface area contributed by atoms with Gasteiger partial charge in [-0.2, -0.15) is 8.42 Å². The predicted molar refractivity (Wildman–Crippen MR) is 54.5 cm³/mol. The lowest BCUT2D eigenvalue weighted by Gasteiger charge is -2.60. The maximum absolute atomic E-state index is 10.8. The van der Waals surface area contributed by atoms with Gasteiger partial charge in [-0.05, 0) is 42.4 Å². The molecule has 3 fully saturated rings. The number of hydrogen-bond acceptors (Lipinski definition) is 2. The summed E-state index contributed by atoms with van der Waals surface area (Å²) in [4.78, 5) is 0. The lowest BCUT2D eigenvalue weighted by Crippen LogP contribution is -2.53. The second-order valence-electron chi connectivity index (χ2n) is 5.45. The molecule has 3 rings (SSSR count). The van der Waals surface area contributed by atoms with E-state index in [0.29, 0.717) is 11.3 Å². The molecule has 2 bridgehead atoms. The Morgan fingerprint density at radius 3 is 2.43 bits per heavy atom. The Kier molecular flexibility index (Phi) is 2.20. The third-order valence-electron chi connectivity index (χ3n) is 4.43. The van der Waals surface area contributed by atoms with Crippen LogP contribution >= 0.6 is 0 Å². The normalized spacial score (nSPS) is 40.4. The van der Waals surface area contributed by atoms with Crippen LogP contribution in [-0.4, -0.2) is 18.7 Å². The maximum atomic E-state index is 10.8. The van der Waals surface area contributed by atoms with E-state index in [9.17, 15) is 8.42 Å². The molecule has 3 aliphatic rings. The fourth-order valence-electron chi connectivity index (χ4n) is 3.43. The quantitative estimate of drug-likeness (QED) is 0.721. The summed E-state index contributed by atoms with van der Waals surface area (Å²) in [5.41, 5.74) is 0.299. The van der Waals surface area contributed by atoms with Crippen LogP contribution < -0.4 is 0 Å². The van der Waals surface area contributed by atoms with Crippen LogP contribution in [0.4, 0.5) is 0 Å². The summed E-state index contributed by atoms with van der Waals surface area (Å²) in [6.07, 6.45) is 3.26. The molecule has 3 aliphatic carbocycles. The minimum Gasteiger partial charge on any atom is -0.286 e. The topological polar surface area (TPSA) is 54.4 Å². The molecule has 0 aromatic carbocycles. The molecule has 4 heteroatoms. The molecular formula is C10H18O3S. The predicted octanol–water partition coefficient (Wildman–Crippen LogP) is 1.95. The Labute approximate surface area is 85.6 Å². The molecular weight excluding hydrogens is 200 g/mol. The fraction of sp³-hybridized carbons (Fsp3) is 1.00. The van der Waals surface area contributed by atoms with Gasteiger partial charge in [0.15, 0.2) is 0 Å². The van der Waals surface area contributed by atoms with Gasteiger partial charge in [0.1, 0.15) is 0 Å². The first-order chi connectivity index (χ1) is 6.31.